The minimum atomic E-state index is -4.61. The molecule has 1 fully saturated rings. The van der Waals surface area contributed by atoms with Gasteiger partial charge in [-0.2, -0.15) is 16.8 Å². The number of carboxylic acid groups (broad SMARTS) is 5. The zero-order chi connectivity index (χ0) is 83.6. The number of carbonyl (C=O) groups is 14. The van der Waals surface area contributed by atoms with Crippen LogP contribution in [0.3, 0.4) is 0 Å². The lowest BCUT2D eigenvalue weighted by Gasteiger charge is -2.27. The van der Waals surface area contributed by atoms with E-state index in [1.165, 1.54) is 42.2 Å². The minimum absolute atomic E-state index is 0.0885. The first-order valence-electron chi connectivity index (χ1n) is 36.3. The summed E-state index contributed by atoms with van der Waals surface area (Å²) in [7, 11) is -9.06. The highest BCUT2D eigenvalue weighted by atomic mass is 32.2. The van der Waals surface area contributed by atoms with E-state index in [0.29, 0.717) is 66.9 Å². The van der Waals surface area contributed by atoms with Gasteiger partial charge in [0, 0.05) is 80.4 Å². The monoisotopic (exact) mass is 1610 g/mol. The van der Waals surface area contributed by atoms with Crippen molar-refractivity contribution in [2.24, 2.45) is 10.9 Å². The second kappa shape index (κ2) is 42.2. The van der Waals surface area contributed by atoms with Gasteiger partial charge in [-0.05, 0) is 137 Å². The van der Waals surface area contributed by atoms with E-state index < -0.39 is 221 Å². The Morgan fingerprint density at radius 1 is 0.562 bits per heavy atom. The van der Waals surface area contributed by atoms with Crippen LogP contribution in [0.5, 0.6) is 0 Å². The molecule has 38 heteroatoms. The first kappa shape index (κ1) is 92.0. The maximum absolute atomic E-state index is 14.2. The average molecular weight is 1610 g/mol. The molecule has 14 N–H and O–H groups in total. The summed E-state index contributed by atoms with van der Waals surface area (Å²) in [6.45, 7) is 11.9. The van der Waals surface area contributed by atoms with Gasteiger partial charge in [0.25, 0.3) is 20.2 Å². The number of Topliss-reactive ketones (excluding diaryl/α,β-unsaturated/α-hetero) is 1. The number of unbranched alkanes of at least 4 members (excludes halogenated alkanes) is 2. The van der Waals surface area contributed by atoms with Gasteiger partial charge >= 0.3 is 29.8 Å². The molecular weight excluding hydrogens is 1510 g/mol. The summed E-state index contributed by atoms with van der Waals surface area (Å²) in [5, 5.41) is 64.6. The maximum atomic E-state index is 14.2. The van der Waals surface area contributed by atoms with Crippen molar-refractivity contribution < 1.29 is 123 Å². The number of ketones is 1. The van der Waals surface area contributed by atoms with Gasteiger partial charge in [-0.25, -0.2) is 0 Å². The Hall–Kier alpha value is -10.6. The summed E-state index contributed by atoms with van der Waals surface area (Å²) >= 11 is 0. The number of allylic oxidation sites excluding steroid dienone is 8. The molecule has 2 aromatic carbocycles. The van der Waals surface area contributed by atoms with Crippen LogP contribution in [0.1, 0.15) is 169 Å². The topological polar surface area (TPSA) is 561 Å². The van der Waals surface area contributed by atoms with Crippen molar-refractivity contribution in [3.8, 4) is 0 Å². The number of rotatable bonds is 47. The van der Waals surface area contributed by atoms with Crippen molar-refractivity contribution in [3.05, 3.63) is 95.8 Å². The number of aliphatic carboxylic acids is 5. The van der Waals surface area contributed by atoms with E-state index in [4.69, 9.17) is 4.74 Å². The highest BCUT2D eigenvalue weighted by Gasteiger charge is 2.42. The summed E-state index contributed by atoms with van der Waals surface area (Å²) in [6.07, 6.45) is 6.93. The summed E-state index contributed by atoms with van der Waals surface area (Å²) in [5.41, 5.74) is 2.21. The third kappa shape index (κ3) is 28.3. The summed E-state index contributed by atoms with van der Waals surface area (Å²) in [6, 6.07) is -2.41. The molecule has 2 aromatic rings. The molecule has 614 valence electrons. The number of ether oxygens (including phenoxy) is 1. The molecule has 3 aliphatic heterocycles. The maximum Gasteiger partial charge on any atom is 0.303 e. The van der Waals surface area contributed by atoms with Crippen molar-refractivity contribution in [2.75, 3.05) is 37.7 Å². The number of benzene rings is 2. The molecule has 0 saturated carbocycles. The van der Waals surface area contributed by atoms with Crippen molar-refractivity contribution in [1.82, 2.24) is 42.1 Å². The Bertz CT molecular complexity index is 4260. The van der Waals surface area contributed by atoms with Gasteiger partial charge in [-0.15, -0.1) is 0 Å². The molecule has 7 atom stereocenters. The Morgan fingerprint density at radius 3 is 1.51 bits per heavy atom. The Balaban J connectivity index is 1.23. The van der Waals surface area contributed by atoms with Gasteiger partial charge < -0.3 is 77.3 Å². The molecular formula is C74H100N10O26S2. The predicted molar refractivity (Wildman–Crippen MR) is 402 cm³/mol. The SMILES string of the molecule is CC(=O)[C@H](CC(C)C)NC(=O)[C@@H]1CCCN1C(=O)COCCNC(=O)[C@@H](CCC(=O)O)NC(=O)[C@@H](CCC(=O)O)NC(=O)[C@@H](CCC(=O)O)NC(=O)[C@@H](CCC(=O)O)NC(=O)[C@@H](CCC(=O)O)NC(=O)CCCCCN1/C(=C/C=C/C=C/C=C/C2=Nc3ccc(S(=O)(=O)O)cc3C2(C)C)C(C)(C)c2cc(S(=O)(=O)O)ccc21. The van der Waals surface area contributed by atoms with Crippen LogP contribution in [-0.4, -0.2) is 220 Å². The number of fused-ring (bicyclic) bond motifs is 2. The Morgan fingerprint density at radius 2 is 1.03 bits per heavy atom. The van der Waals surface area contributed by atoms with Crippen LogP contribution in [0.15, 0.2) is 99.4 Å². The van der Waals surface area contributed by atoms with E-state index in [2.05, 4.69) is 42.2 Å². The molecule has 0 unspecified atom stereocenters. The predicted octanol–water partition coefficient (Wildman–Crippen LogP) is 3.45. The molecule has 3 heterocycles. The fourth-order valence-electron chi connectivity index (χ4n) is 12.8. The van der Waals surface area contributed by atoms with Crippen molar-refractivity contribution >= 4 is 120 Å². The smallest absolute Gasteiger partial charge is 0.303 e. The highest BCUT2D eigenvalue weighted by molar-refractivity contribution is 7.86. The van der Waals surface area contributed by atoms with Crippen LogP contribution in [0, 0.1) is 5.92 Å². The molecule has 5 rings (SSSR count). The standard InChI is InChI=1S/C74H100N10O26S2/c1-43(2)39-55(44(3)85)82-72(103)57-17-16-37-84(57)61(87)42-110-38-35-75-67(98)50(24-30-62(88)89)78-69(100)52(26-32-64(92)93)80-71(102)54(28-34-66(96)97)81-70(101)53(27-33-65(94)95)79-68(99)51(25-31-63(90)91)77-60(86)20-14-11-15-36-83-56-29-22-46(112(107,108)109)41-48(56)74(6,7)59(83)19-13-10-8-9-12-18-58-73(4,5)47-40-45(111(104,105)106)21-23-49(47)76-58/h8-10,12-13,18-19,21-23,29,40-41,43,50-55,57H,11,14-17,20,24-28,30-39,42H2,1-7H3,(H,75,98)(H,77,86)(H,78,100)(H,79,99)(H,80,102)(H,81,101)(H,82,103)(H,88,89)(H,90,91)(H,92,93)(H,94,95)(H,96,97)(H,104,105,106)(H,107,108,109)/b9-8+,13-10+,18-12+,59-19+/t50-,51-,52-,53-,54-,55+,57+/m1/s1. The molecule has 0 spiro atoms. The van der Waals surface area contributed by atoms with Gasteiger partial charge in [0.15, 0.2) is 5.78 Å². The highest BCUT2D eigenvalue weighted by Crippen LogP contribution is 2.49. The normalized spacial score (nSPS) is 17.0. The zero-order valence-electron chi connectivity index (χ0n) is 63.2. The molecule has 3 aliphatic rings. The Labute approximate surface area is 647 Å². The molecule has 1 saturated heterocycles. The number of carboxylic acids is 5. The lowest BCUT2D eigenvalue weighted by molar-refractivity contribution is -0.142. The number of aliphatic imine (C=N–C) groups is 1. The summed E-state index contributed by atoms with van der Waals surface area (Å²) in [5.74, 6) is -15.5. The second-order valence-corrected chi connectivity index (χ2v) is 31.5. The van der Waals surface area contributed by atoms with Gasteiger partial charge in [0.1, 0.15) is 42.9 Å². The van der Waals surface area contributed by atoms with Crippen LogP contribution in [0.4, 0.5) is 11.4 Å². The van der Waals surface area contributed by atoms with Crippen molar-refractivity contribution in [3.63, 3.8) is 0 Å². The van der Waals surface area contributed by atoms with Crippen LogP contribution < -0.4 is 42.1 Å². The minimum Gasteiger partial charge on any atom is -0.481 e. The number of likely N-dealkylation sites (tertiary alicyclic amines) is 1. The fourth-order valence-corrected chi connectivity index (χ4v) is 13.8. The van der Waals surface area contributed by atoms with Crippen LogP contribution in [0.25, 0.3) is 0 Å². The second-order valence-electron chi connectivity index (χ2n) is 28.6. The van der Waals surface area contributed by atoms with Gasteiger partial charge in [0.2, 0.25) is 47.3 Å². The van der Waals surface area contributed by atoms with E-state index in [1.54, 1.807) is 42.5 Å². The number of nitrogens with zero attached hydrogens (tertiary/aromatic N) is 3. The van der Waals surface area contributed by atoms with E-state index in [9.17, 15) is 119 Å². The van der Waals surface area contributed by atoms with E-state index in [1.807, 2.05) is 52.5 Å². The van der Waals surface area contributed by atoms with Crippen molar-refractivity contribution in [1.29, 1.82) is 0 Å². The lowest BCUT2D eigenvalue weighted by atomic mass is 9.81. The molecule has 112 heavy (non-hydrogen) atoms. The molecule has 0 radical (unpaired) electrons. The van der Waals surface area contributed by atoms with Gasteiger partial charge in [-0.3, -0.25) is 81.2 Å². The number of hydrogen-bond acceptors (Lipinski definition) is 21. The van der Waals surface area contributed by atoms with E-state index in [0.717, 1.165) is 5.70 Å². The van der Waals surface area contributed by atoms with Gasteiger partial charge in [-0.1, -0.05) is 78.3 Å². The molecule has 0 aliphatic carbocycles. The Kier molecular flexibility index (Phi) is 34.7. The number of amides is 8. The molecule has 0 aromatic heterocycles. The summed E-state index contributed by atoms with van der Waals surface area (Å²) < 4.78 is 73.3. The first-order chi connectivity index (χ1) is 52.4. The summed E-state index contributed by atoms with van der Waals surface area (Å²) in [4.78, 5) is 189. The largest absolute Gasteiger partial charge is 0.481 e. The fraction of sp³-hybridized carbons (Fsp3) is 0.527. The van der Waals surface area contributed by atoms with E-state index >= 15 is 0 Å². The third-order valence-corrected chi connectivity index (χ3v) is 20.5. The molecule has 0 bridgehead atoms. The average Bonchev–Trinajstić information content (AvgIpc) is 1.58. The first-order valence-corrected chi connectivity index (χ1v) is 39.2. The number of anilines is 1. The van der Waals surface area contributed by atoms with Crippen molar-refractivity contribution in [2.45, 2.75) is 221 Å². The quantitative estimate of drug-likeness (QED) is 0.0256. The number of carbonyl (C=O) groups excluding carboxylic acids is 9. The van der Waals surface area contributed by atoms with Crippen LogP contribution in [0.2, 0.25) is 0 Å². The third-order valence-electron chi connectivity index (χ3n) is 18.8. The zero-order valence-corrected chi connectivity index (χ0v) is 64.9. The van der Waals surface area contributed by atoms with Crippen LogP contribution in [-0.2, 0) is 103 Å². The number of hydrogen-bond donors (Lipinski definition) is 14. The van der Waals surface area contributed by atoms with E-state index in [-0.39, 0.29) is 54.0 Å². The van der Waals surface area contributed by atoms with Crippen LogP contribution >= 0.6 is 0 Å². The molecule has 8 amide bonds. The lowest BCUT2D eigenvalue weighted by Crippen LogP contribution is -2.59. The number of nitrogens with one attached hydrogen (secondary N) is 7. The van der Waals surface area contributed by atoms with Gasteiger partial charge in [0.05, 0.1) is 33.8 Å². The molecule has 36 nitrogen and oxygen atoms in total.